The Morgan fingerprint density at radius 1 is 0.771 bits per heavy atom. The van der Waals surface area contributed by atoms with Gasteiger partial charge in [0.25, 0.3) is 5.91 Å². The molecule has 7 nitrogen and oxygen atoms in total. The van der Waals surface area contributed by atoms with Gasteiger partial charge in [-0.3, -0.25) is 9.78 Å². The highest BCUT2D eigenvalue weighted by atomic mass is 16.2. The van der Waals surface area contributed by atoms with E-state index in [2.05, 4.69) is 102 Å². The second kappa shape index (κ2) is 11.0. The van der Waals surface area contributed by atoms with E-state index in [4.69, 9.17) is 0 Å². The molecule has 4 aromatic rings. The second-order valence-electron chi connectivity index (χ2n) is 9.21. The van der Waals surface area contributed by atoms with E-state index in [9.17, 15) is 4.79 Å². The molecule has 2 aromatic carbocycles. The Hall–Kier alpha value is -4.00. The minimum atomic E-state index is -0.271. The predicted molar refractivity (Wildman–Crippen MR) is 140 cm³/mol. The number of carbonyl (C=O) groups excluding carboxylic acids is 1. The Bertz CT molecular complexity index is 1250. The fourth-order valence-corrected chi connectivity index (χ4v) is 3.66. The quantitative estimate of drug-likeness (QED) is 0.321. The lowest BCUT2D eigenvalue weighted by Gasteiger charge is -2.09. The molecule has 0 spiro atoms. The maximum atomic E-state index is 13.2. The zero-order valence-corrected chi connectivity index (χ0v) is 20.7. The van der Waals surface area contributed by atoms with E-state index >= 15 is 0 Å². The molecule has 35 heavy (non-hydrogen) atoms. The summed E-state index contributed by atoms with van der Waals surface area (Å²) in [6.45, 7) is 9.79. The molecule has 0 aliphatic carbocycles. The van der Waals surface area contributed by atoms with Gasteiger partial charge in [0.2, 0.25) is 11.9 Å². The summed E-state index contributed by atoms with van der Waals surface area (Å²) < 4.78 is 1.31. The van der Waals surface area contributed by atoms with Crippen LogP contribution >= 0.6 is 0 Å². The fraction of sp³-hybridized carbons (Fsp3) is 0.286. The third-order valence-electron chi connectivity index (χ3n) is 5.92. The average Bonchev–Trinajstić information content (AvgIpc) is 3.30. The van der Waals surface area contributed by atoms with Crippen LogP contribution in [-0.4, -0.2) is 25.7 Å². The number of carbonyl (C=O) groups is 1. The van der Waals surface area contributed by atoms with Crippen molar-refractivity contribution in [3.8, 4) is 0 Å². The minimum absolute atomic E-state index is 0.271. The molecule has 0 saturated carbocycles. The van der Waals surface area contributed by atoms with Crippen molar-refractivity contribution >= 4 is 17.8 Å². The number of hydrogen-bond donors (Lipinski definition) is 2. The molecule has 0 aliphatic heterocycles. The molecular weight excluding hydrogens is 436 g/mol. The van der Waals surface area contributed by atoms with E-state index in [0.29, 0.717) is 42.4 Å². The molecular formula is C28H32N6O. The number of anilines is 2. The van der Waals surface area contributed by atoms with Crippen molar-refractivity contribution in [1.29, 1.82) is 0 Å². The standard InChI is InChI=1S/C28H32N6O/c1-19(2)23-9-5-21(6-10-23)17-30-27-32-28(31-18-22-7-11-24(12-8-22)20(3)4)34(33-27)26(35)25-13-15-29-16-14-25/h5-16,19-20H,17-18H2,1-4H3,(H2,30,31,32,33). The van der Waals surface area contributed by atoms with Crippen LogP contribution in [0, 0.1) is 0 Å². The van der Waals surface area contributed by atoms with Crippen molar-refractivity contribution in [2.75, 3.05) is 10.6 Å². The summed E-state index contributed by atoms with van der Waals surface area (Å²) in [4.78, 5) is 21.7. The van der Waals surface area contributed by atoms with Crippen molar-refractivity contribution in [3.63, 3.8) is 0 Å². The molecule has 2 heterocycles. The van der Waals surface area contributed by atoms with E-state index in [1.807, 2.05) is 0 Å². The zero-order chi connectivity index (χ0) is 24.8. The summed E-state index contributed by atoms with van der Waals surface area (Å²) in [6.07, 6.45) is 3.18. The molecule has 0 unspecified atom stereocenters. The van der Waals surface area contributed by atoms with E-state index < -0.39 is 0 Å². The summed E-state index contributed by atoms with van der Waals surface area (Å²) in [5.74, 6) is 1.47. The van der Waals surface area contributed by atoms with Gasteiger partial charge in [0.1, 0.15) is 0 Å². The molecule has 180 valence electrons. The van der Waals surface area contributed by atoms with Crippen molar-refractivity contribution in [2.45, 2.75) is 52.6 Å². The van der Waals surface area contributed by atoms with Crippen molar-refractivity contribution < 1.29 is 4.79 Å². The van der Waals surface area contributed by atoms with Crippen molar-refractivity contribution in [3.05, 3.63) is 101 Å². The topological polar surface area (TPSA) is 84.7 Å². The van der Waals surface area contributed by atoms with Crippen LogP contribution in [0.5, 0.6) is 0 Å². The van der Waals surface area contributed by atoms with Gasteiger partial charge in [0.05, 0.1) is 0 Å². The Labute approximate surface area is 206 Å². The smallest absolute Gasteiger partial charge is 0.281 e. The first-order valence-corrected chi connectivity index (χ1v) is 12.0. The lowest BCUT2D eigenvalue weighted by atomic mass is 10.0. The molecule has 0 aliphatic rings. The molecule has 0 radical (unpaired) electrons. The number of nitrogens with one attached hydrogen (secondary N) is 2. The van der Waals surface area contributed by atoms with Gasteiger partial charge in [-0.25, -0.2) is 0 Å². The largest absolute Gasteiger partial charge is 0.350 e. The number of rotatable bonds is 9. The van der Waals surface area contributed by atoms with Gasteiger partial charge >= 0.3 is 0 Å². The summed E-state index contributed by atoms with van der Waals surface area (Å²) in [5.41, 5.74) is 5.29. The van der Waals surface area contributed by atoms with Crippen LogP contribution in [0.3, 0.4) is 0 Å². The maximum absolute atomic E-state index is 13.2. The van der Waals surface area contributed by atoms with Crippen molar-refractivity contribution in [1.82, 2.24) is 19.7 Å². The highest BCUT2D eigenvalue weighted by molar-refractivity contribution is 5.96. The molecule has 0 fully saturated rings. The molecule has 0 atom stereocenters. The summed E-state index contributed by atoms with van der Waals surface area (Å²) in [7, 11) is 0. The molecule has 0 bridgehead atoms. The summed E-state index contributed by atoms with van der Waals surface area (Å²) in [5, 5.41) is 11.0. The van der Waals surface area contributed by atoms with Gasteiger partial charge in [0, 0.05) is 31.0 Å². The van der Waals surface area contributed by atoms with Crippen molar-refractivity contribution in [2.24, 2.45) is 0 Å². The molecule has 0 amide bonds. The van der Waals surface area contributed by atoms with Gasteiger partial charge in [-0.1, -0.05) is 76.2 Å². The van der Waals surface area contributed by atoms with E-state index in [-0.39, 0.29) is 5.91 Å². The molecule has 2 aromatic heterocycles. The van der Waals surface area contributed by atoms with E-state index in [1.165, 1.54) is 15.8 Å². The number of nitrogens with zero attached hydrogens (tertiary/aromatic N) is 4. The monoisotopic (exact) mass is 468 g/mol. The minimum Gasteiger partial charge on any atom is -0.350 e. The summed E-state index contributed by atoms with van der Waals surface area (Å²) >= 11 is 0. The Balaban J connectivity index is 1.52. The molecule has 4 rings (SSSR count). The van der Waals surface area contributed by atoms with Gasteiger partial charge in [-0.15, -0.1) is 5.10 Å². The second-order valence-corrected chi connectivity index (χ2v) is 9.21. The third-order valence-corrected chi connectivity index (χ3v) is 5.92. The van der Waals surface area contributed by atoms with Gasteiger partial charge in [-0.2, -0.15) is 9.67 Å². The van der Waals surface area contributed by atoms with E-state index in [1.54, 1.807) is 24.5 Å². The number of benzene rings is 2. The highest BCUT2D eigenvalue weighted by Gasteiger charge is 2.18. The van der Waals surface area contributed by atoms with Crippen LogP contribution in [0.1, 0.15) is 72.1 Å². The van der Waals surface area contributed by atoms with Crippen LogP contribution in [0.25, 0.3) is 0 Å². The SMILES string of the molecule is CC(C)c1ccc(CNc2nc(NCc3ccc(C(C)C)cc3)n(C(=O)c3ccncc3)n2)cc1. The predicted octanol–water partition coefficient (Wildman–Crippen LogP) is 5.83. The normalized spacial score (nSPS) is 11.1. The molecule has 2 N–H and O–H groups in total. The maximum Gasteiger partial charge on any atom is 0.281 e. The fourth-order valence-electron chi connectivity index (χ4n) is 3.66. The zero-order valence-electron chi connectivity index (χ0n) is 20.7. The lowest BCUT2D eigenvalue weighted by molar-refractivity contribution is 0.0947. The Morgan fingerprint density at radius 3 is 1.80 bits per heavy atom. The first kappa shape index (κ1) is 24.1. The van der Waals surface area contributed by atoms with E-state index in [0.717, 1.165) is 11.1 Å². The van der Waals surface area contributed by atoms with Crippen LogP contribution in [-0.2, 0) is 13.1 Å². The Morgan fingerprint density at radius 2 is 1.29 bits per heavy atom. The van der Waals surface area contributed by atoms with Crippen LogP contribution in [0.2, 0.25) is 0 Å². The van der Waals surface area contributed by atoms with Crippen LogP contribution in [0.4, 0.5) is 11.9 Å². The van der Waals surface area contributed by atoms with Gasteiger partial charge in [0.15, 0.2) is 0 Å². The Kier molecular flexibility index (Phi) is 7.55. The number of pyridine rings is 1. The highest BCUT2D eigenvalue weighted by Crippen LogP contribution is 2.18. The van der Waals surface area contributed by atoms with Crippen LogP contribution < -0.4 is 10.6 Å². The lowest BCUT2D eigenvalue weighted by Crippen LogP contribution is -2.17. The van der Waals surface area contributed by atoms with Gasteiger partial charge < -0.3 is 10.6 Å². The van der Waals surface area contributed by atoms with Crippen LogP contribution in [0.15, 0.2) is 73.1 Å². The molecule has 7 heteroatoms. The number of hydrogen-bond acceptors (Lipinski definition) is 6. The van der Waals surface area contributed by atoms with Gasteiger partial charge in [-0.05, 0) is 46.2 Å². The summed E-state index contributed by atoms with van der Waals surface area (Å²) in [6, 6.07) is 20.3. The average molecular weight is 469 g/mol. The molecule has 0 saturated heterocycles. The third kappa shape index (κ3) is 6.12. The first-order chi connectivity index (χ1) is 16.9. The number of aromatic nitrogens is 4. The first-order valence-electron chi connectivity index (χ1n) is 12.0.